The molecule has 3 amide bonds. The highest BCUT2D eigenvalue weighted by Gasteiger charge is 2.54. The summed E-state index contributed by atoms with van der Waals surface area (Å²) in [6.45, 7) is -0.156. The van der Waals surface area contributed by atoms with Crippen molar-refractivity contribution in [1.29, 1.82) is 0 Å². The van der Waals surface area contributed by atoms with Crippen molar-refractivity contribution >= 4 is 57.8 Å². The molecule has 0 spiro atoms. The molecule has 3 rings (SSSR count). The van der Waals surface area contributed by atoms with Crippen molar-refractivity contribution in [3.63, 3.8) is 0 Å². The number of thiazole rings is 1. The van der Waals surface area contributed by atoms with E-state index in [1.165, 1.54) is 29.3 Å². The van der Waals surface area contributed by atoms with Crippen LogP contribution in [0.4, 0.5) is 9.93 Å². The van der Waals surface area contributed by atoms with Crippen LogP contribution in [0, 0.1) is 0 Å². The maximum atomic E-state index is 12.6. The second-order valence-corrected chi connectivity index (χ2v) is 8.09. The molecule has 2 aliphatic heterocycles. The van der Waals surface area contributed by atoms with Crippen molar-refractivity contribution in [3.05, 3.63) is 34.5 Å². The number of carboxylic acid groups (broad SMARTS) is 1. The molecule has 0 radical (unpaired) electrons. The third kappa shape index (κ3) is 4.46. The molecule has 7 N–H and O–H groups in total. The van der Waals surface area contributed by atoms with Crippen molar-refractivity contribution in [2.24, 2.45) is 10.9 Å². The minimum absolute atomic E-state index is 0.0409. The number of β-lactam (4-membered cyclic amide) rings is 1. The highest BCUT2D eigenvalue weighted by atomic mass is 32.2. The Hall–Kier alpha value is -3.59. The first kappa shape index (κ1) is 22.1. The lowest BCUT2D eigenvalue weighted by molar-refractivity contribution is -0.150. The van der Waals surface area contributed by atoms with Crippen LogP contribution in [0.15, 0.2) is 34.0 Å². The van der Waals surface area contributed by atoms with E-state index in [1.807, 2.05) is 0 Å². The Morgan fingerprint density at radius 2 is 2.19 bits per heavy atom. The van der Waals surface area contributed by atoms with Gasteiger partial charge in [0, 0.05) is 11.1 Å². The number of nitrogens with two attached hydrogens (primary N) is 2. The largest absolute Gasteiger partial charge is 0.477 e. The SMILES string of the molecule is NC(=O)OC/C=C/C1=C(C(=O)O)N2C(=O)C(NC(=O)/C(=N\O)c3csc(N)n3)[C@H]2SC1. The van der Waals surface area contributed by atoms with E-state index in [0.29, 0.717) is 5.57 Å². The number of allylic oxidation sites excluding steroid dienone is 1. The molecule has 2 atom stereocenters. The van der Waals surface area contributed by atoms with Crippen LogP contribution in [0.25, 0.3) is 0 Å². The fraction of sp³-hybridized carbons (Fsp3) is 0.250. The van der Waals surface area contributed by atoms with E-state index in [4.69, 9.17) is 16.7 Å². The molecule has 15 heteroatoms. The van der Waals surface area contributed by atoms with Crippen LogP contribution in [0.5, 0.6) is 0 Å². The fourth-order valence-electron chi connectivity index (χ4n) is 2.91. The number of hydrogen-bond donors (Lipinski definition) is 5. The molecule has 0 bridgehead atoms. The van der Waals surface area contributed by atoms with E-state index >= 15 is 0 Å². The third-order valence-corrected chi connectivity index (χ3v) is 6.18. The van der Waals surface area contributed by atoms with Gasteiger partial charge in [0.2, 0.25) is 0 Å². The number of aliphatic carboxylic acids is 1. The number of rotatable bonds is 7. The number of carbonyl (C=O) groups is 4. The predicted octanol–water partition coefficient (Wildman–Crippen LogP) is -0.706. The van der Waals surface area contributed by atoms with Crippen LogP contribution in [0.1, 0.15) is 5.69 Å². The van der Waals surface area contributed by atoms with Crippen molar-refractivity contribution in [1.82, 2.24) is 15.2 Å². The standard InChI is InChI=1S/C16H16N6O7S2/c17-15-19-7(5-31-15)8(21-28)11(23)20-9-12(24)22-10(14(25)26)6(4-30-13(9)22)2-1-3-29-16(18)27/h1-2,5,9,13,28H,3-4H2,(H2,17,19)(H2,18,27)(H,20,23)(H,25,26)/b2-1+,21-8-/t9?,13-/m1/s1. The molecule has 13 nitrogen and oxygen atoms in total. The predicted molar refractivity (Wildman–Crippen MR) is 109 cm³/mol. The Labute approximate surface area is 182 Å². The lowest BCUT2D eigenvalue weighted by Gasteiger charge is -2.49. The summed E-state index contributed by atoms with van der Waals surface area (Å²) in [5.41, 5.74) is 10.1. The zero-order valence-corrected chi connectivity index (χ0v) is 17.2. The van der Waals surface area contributed by atoms with Gasteiger partial charge in [-0.3, -0.25) is 14.5 Å². The Morgan fingerprint density at radius 3 is 2.77 bits per heavy atom. The van der Waals surface area contributed by atoms with Gasteiger partial charge in [-0.1, -0.05) is 11.2 Å². The van der Waals surface area contributed by atoms with Crippen molar-refractivity contribution in [3.8, 4) is 0 Å². The Kier molecular flexibility index (Phi) is 6.45. The van der Waals surface area contributed by atoms with Gasteiger partial charge >= 0.3 is 12.1 Å². The van der Waals surface area contributed by atoms with Gasteiger partial charge in [-0.15, -0.1) is 23.1 Å². The topological polar surface area (TPSA) is 211 Å². The number of fused-ring (bicyclic) bond motifs is 1. The quantitative estimate of drug-likeness (QED) is 0.147. The number of nitrogens with one attached hydrogen (secondary N) is 1. The molecule has 3 heterocycles. The van der Waals surface area contributed by atoms with Gasteiger partial charge in [-0.05, 0) is 11.6 Å². The van der Waals surface area contributed by atoms with Gasteiger partial charge in [0.15, 0.2) is 10.8 Å². The maximum Gasteiger partial charge on any atom is 0.404 e. The average molecular weight is 468 g/mol. The minimum atomic E-state index is -1.32. The number of hydrogen-bond acceptors (Lipinski definition) is 11. The first-order chi connectivity index (χ1) is 14.7. The number of oxime groups is 1. The van der Waals surface area contributed by atoms with Crippen LogP contribution in [0.2, 0.25) is 0 Å². The van der Waals surface area contributed by atoms with Crippen LogP contribution in [0.3, 0.4) is 0 Å². The Bertz CT molecular complexity index is 1030. The molecular formula is C16H16N6O7S2. The summed E-state index contributed by atoms with van der Waals surface area (Å²) < 4.78 is 4.55. The van der Waals surface area contributed by atoms with E-state index in [-0.39, 0.29) is 28.9 Å². The first-order valence-corrected chi connectivity index (χ1v) is 10.4. The molecular weight excluding hydrogens is 452 g/mol. The number of thioether (sulfide) groups is 1. The number of carbonyl (C=O) groups excluding carboxylic acids is 3. The summed E-state index contributed by atoms with van der Waals surface area (Å²) in [5, 5.41) is 25.0. The molecule has 1 unspecified atom stereocenters. The second kappa shape index (κ2) is 9.05. The molecule has 1 saturated heterocycles. The number of aromatic nitrogens is 1. The molecule has 0 saturated carbocycles. The monoisotopic (exact) mass is 468 g/mol. The Balaban J connectivity index is 1.74. The zero-order valence-electron chi connectivity index (χ0n) is 15.5. The summed E-state index contributed by atoms with van der Waals surface area (Å²) in [5.74, 6) is -2.60. The Morgan fingerprint density at radius 1 is 1.45 bits per heavy atom. The van der Waals surface area contributed by atoms with Crippen LogP contribution >= 0.6 is 23.1 Å². The molecule has 31 heavy (non-hydrogen) atoms. The van der Waals surface area contributed by atoms with E-state index < -0.39 is 41.0 Å². The minimum Gasteiger partial charge on any atom is -0.477 e. The summed E-state index contributed by atoms with van der Waals surface area (Å²) in [4.78, 5) is 52.3. The molecule has 1 aromatic heterocycles. The summed E-state index contributed by atoms with van der Waals surface area (Å²) in [6, 6.07) is -1.02. The normalized spacial score (nSPS) is 21.0. The number of anilines is 1. The van der Waals surface area contributed by atoms with Crippen LogP contribution in [-0.4, -0.2) is 73.6 Å². The van der Waals surface area contributed by atoms with Gasteiger partial charge < -0.3 is 31.8 Å². The highest BCUT2D eigenvalue weighted by Crippen LogP contribution is 2.40. The number of primary amides is 1. The van der Waals surface area contributed by atoms with Gasteiger partial charge in [-0.2, -0.15) is 0 Å². The van der Waals surface area contributed by atoms with Crippen LogP contribution < -0.4 is 16.8 Å². The average Bonchev–Trinajstić information content (AvgIpc) is 3.14. The summed E-state index contributed by atoms with van der Waals surface area (Å²) >= 11 is 2.27. The van der Waals surface area contributed by atoms with Crippen LogP contribution in [-0.2, 0) is 19.1 Å². The van der Waals surface area contributed by atoms with Crippen molar-refractivity contribution in [2.45, 2.75) is 11.4 Å². The van der Waals surface area contributed by atoms with Gasteiger partial charge in [-0.25, -0.2) is 14.6 Å². The first-order valence-electron chi connectivity index (χ1n) is 8.48. The zero-order chi connectivity index (χ0) is 22.7. The van der Waals surface area contributed by atoms with E-state index in [0.717, 1.165) is 16.2 Å². The lowest BCUT2D eigenvalue weighted by Crippen LogP contribution is -2.71. The molecule has 0 aromatic carbocycles. The van der Waals surface area contributed by atoms with Gasteiger partial charge in [0.25, 0.3) is 11.8 Å². The summed E-state index contributed by atoms with van der Waals surface area (Å²) in [6.07, 6.45) is 1.85. The molecule has 2 aliphatic rings. The fourth-order valence-corrected chi connectivity index (χ4v) is 4.78. The van der Waals surface area contributed by atoms with Gasteiger partial charge in [0.1, 0.15) is 29.4 Å². The highest BCUT2D eigenvalue weighted by molar-refractivity contribution is 8.00. The lowest BCUT2D eigenvalue weighted by atomic mass is 10.0. The van der Waals surface area contributed by atoms with E-state index in [2.05, 4.69) is 20.2 Å². The molecule has 164 valence electrons. The maximum absolute atomic E-state index is 12.6. The van der Waals surface area contributed by atoms with Crippen molar-refractivity contribution in [2.75, 3.05) is 18.1 Å². The second-order valence-electron chi connectivity index (χ2n) is 6.09. The van der Waals surface area contributed by atoms with E-state index in [9.17, 15) is 24.3 Å². The number of carboxylic acids is 1. The third-order valence-electron chi connectivity index (χ3n) is 4.21. The molecule has 1 aromatic rings. The number of amides is 3. The molecule has 0 aliphatic carbocycles. The number of nitrogens with zero attached hydrogens (tertiary/aromatic N) is 3. The number of ether oxygens (including phenoxy) is 1. The molecule has 1 fully saturated rings. The number of nitrogen functional groups attached to an aromatic ring is 1. The summed E-state index contributed by atoms with van der Waals surface area (Å²) in [7, 11) is 0. The smallest absolute Gasteiger partial charge is 0.404 e. The van der Waals surface area contributed by atoms with Gasteiger partial charge in [0.05, 0.1) is 0 Å². The van der Waals surface area contributed by atoms with E-state index in [1.54, 1.807) is 0 Å². The van der Waals surface area contributed by atoms with Crippen molar-refractivity contribution < 1.29 is 34.2 Å².